The van der Waals surface area contributed by atoms with E-state index < -0.39 is 5.82 Å². The molecule has 0 aromatic heterocycles. The number of halogens is 2. The molecule has 0 bridgehead atoms. The molecule has 102 valence electrons. The minimum atomic E-state index is -0.515. The Kier molecular flexibility index (Phi) is 4.56. The number of hydrogen-bond donors (Lipinski definition) is 0. The lowest BCUT2D eigenvalue weighted by Gasteiger charge is -2.09. The molecule has 0 N–H and O–H groups in total. The van der Waals surface area contributed by atoms with Crippen LogP contribution in [0.5, 0.6) is 11.5 Å². The van der Waals surface area contributed by atoms with Crippen molar-refractivity contribution >= 4 is 0 Å². The summed E-state index contributed by atoms with van der Waals surface area (Å²) in [6.07, 6.45) is 5.05. The lowest BCUT2D eigenvalue weighted by molar-refractivity contribution is 0.298. The monoisotopic (exact) mass is 274 g/mol. The fourth-order valence-electron chi connectivity index (χ4n) is 1.60. The normalized spacial score (nSPS) is 9.85. The van der Waals surface area contributed by atoms with E-state index in [0.717, 1.165) is 0 Å². The zero-order chi connectivity index (χ0) is 14.4. The second-order valence-corrected chi connectivity index (χ2v) is 4.00. The number of hydrogen-bond acceptors (Lipinski definition) is 2. The molecule has 0 fully saturated rings. The molecule has 0 aliphatic rings. The molecule has 4 heteroatoms. The number of ether oxygens (including phenoxy) is 2. The summed E-state index contributed by atoms with van der Waals surface area (Å²) in [6.45, 7) is 0.155. The average molecular weight is 274 g/mol. The molecule has 0 unspecified atom stereocenters. The van der Waals surface area contributed by atoms with Crippen LogP contribution in [0.15, 0.2) is 42.5 Å². The zero-order valence-electron chi connectivity index (χ0n) is 10.6. The Morgan fingerprint density at radius 3 is 2.65 bits per heavy atom. The molecule has 0 heterocycles. The molecule has 0 saturated heterocycles. The second-order valence-electron chi connectivity index (χ2n) is 4.00. The predicted octanol–water partition coefficient (Wildman–Crippen LogP) is 3.56. The quantitative estimate of drug-likeness (QED) is 0.776. The number of terminal acetylenes is 1. The molecule has 0 atom stereocenters. The van der Waals surface area contributed by atoms with Crippen LogP contribution in [0.25, 0.3) is 0 Å². The van der Waals surface area contributed by atoms with Crippen LogP contribution in [0.2, 0.25) is 0 Å². The molecule has 0 aliphatic heterocycles. The van der Waals surface area contributed by atoms with Crippen molar-refractivity contribution in [3.05, 3.63) is 59.7 Å². The van der Waals surface area contributed by atoms with E-state index in [0.29, 0.717) is 11.3 Å². The van der Waals surface area contributed by atoms with Crippen molar-refractivity contribution in [1.29, 1.82) is 0 Å². The van der Waals surface area contributed by atoms with Gasteiger partial charge in [0.15, 0.2) is 11.6 Å². The van der Waals surface area contributed by atoms with Crippen LogP contribution in [-0.2, 0) is 6.61 Å². The van der Waals surface area contributed by atoms with E-state index in [1.807, 2.05) is 0 Å². The molecule has 0 saturated carbocycles. The van der Waals surface area contributed by atoms with E-state index in [1.54, 1.807) is 12.1 Å². The number of rotatable bonds is 5. The van der Waals surface area contributed by atoms with Gasteiger partial charge in [-0.3, -0.25) is 0 Å². The zero-order valence-corrected chi connectivity index (χ0v) is 10.6. The summed E-state index contributed by atoms with van der Waals surface area (Å²) in [5.41, 5.74) is 0.681. The smallest absolute Gasteiger partial charge is 0.165 e. The Bertz CT molecular complexity index is 633. The van der Waals surface area contributed by atoms with Gasteiger partial charge in [0.25, 0.3) is 0 Å². The first-order chi connectivity index (χ1) is 9.69. The minimum absolute atomic E-state index is 0.0235. The van der Waals surface area contributed by atoms with Gasteiger partial charge in [0.05, 0.1) is 0 Å². The Balaban J connectivity index is 2.04. The molecule has 2 nitrogen and oxygen atoms in total. The third-order valence-electron chi connectivity index (χ3n) is 2.51. The van der Waals surface area contributed by atoms with Gasteiger partial charge >= 0.3 is 0 Å². The molecule has 0 radical (unpaired) electrons. The summed E-state index contributed by atoms with van der Waals surface area (Å²) in [5, 5.41) is 0. The van der Waals surface area contributed by atoms with Crippen molar-refractivity contribution in [1.82, 2.24) is 0 Å². The molecule has 2 aromatic carbocycles. The Hall–Kier alpha value is -2.54. The van der Waals surface area contributed by atoms with Crippen LogP contribution in [0.3, 0.4) is 0 Å². The van der Waals surface area contributed by atoms with Crippen LogP contribution >= 0.6 is 0 Å². The van der Waals surface area contributed by atoms with E-state index in [2.05, 4.69) is 5.92 Å². The summed E-state index contributed by atoms with van der Waals surface area (Å²) >= 11 is 0. The summed E-state index contributed by atoms with van der Waals surface area (Å²) in [4.78, 5) is 0. The highest BCUT2D eigenvalue weighted by Gasteiger charge is 2.06. The molecule has 0 spiro atoms. The predicted molar refractivity (Wildman–Crippen MR) is 71.5 cm³/mol. The Morgan fingerprint density at radius 2 is 1.90 bits per heavy atom. The Morgan fingerprint density at radius 1 is 1.05 bits per heavy atom. The van der Waals surface area contributed by atoms with Crippen molar-refractivity contribution in [3.8, 4) is 23.8 Å². The lowest BCUT2D eigenvalue weighted by Crippen LogP contribution is -1.99. The summed E-state index contributed by atoms with van der Waals surface area (Å²) in [5.74, 6) is 1.86. The molecular formula is C16H12F2O2. The molecular weight excluding hydrogens is 262 g/mol. The Labute approximate surface area is 116 Å². The molecule has 0 aliphatic carbocycles. The maximum Gasteiger partial charge on any atom is 0.165 e. The van der Waals surface area contributed by atoms with Gasteiger partial charge in [0.2, 0.25) is 0 Å². The van der Waals surface area contributed by atoms with E-state index in [4.69, 9.17) is 15.9 Å². The first-order valence-electron chi connectivity index (χ1n) is 5.92. The minimum Gasteiger partial charge on any atom is -0.489 e. The van der Waals surface area contributed by atoms with Crippen molar-refractivity contribution in [2.45, 2.75) is 6.61 Å². The van der Waals surface area contributed by atoms with Gasteiger partial charge in [-0.25, -0.2) is 8.78 Å². The molecule has 20 heavy (non-hydrogen) atoms. The van der Waals surface area contributed by atoms with Crippen molar-refractivity contribution in [2.24, 2.45) is 0 Å². The van der Waals surface area contributed by atoms with E-state index in [-0.39, 0.29) is 24.8 Å². The third kappa shape index (κ3) is 3.72. The van der Waals surface area contributed by atoms with E-state index in [9.17, 15) is 8.78 Å². The fraction of sp³-hybridized carbons (Fsp3) is 0.125. The van der Waals surface area contributed by atoms with E-state index >= 15 is 0 Å². The van der Waals surface area contributed by atoms with Crippen molar-refractivity contribution < 1.29 is 18.3 Å². The van der Waals surface area contributed by atoms with Crippen LogP contribution in [0.1, 0.15) is 5.56 Å². The highest BCUT2D eigenvalue weighted by molar-refractivity contribution is 5.35. The van der Waals surface area contributed by atoms with Gasteiger partial charge in [-0.2, -0.15) is 0 Å². The summed E-state index contributed by atoms with van der Waals surface area (Å²) in [6, 6.07) is 10.2. The largest absolute Gasteiger partial charge is 0.489 e. The molecule has 2 rings (SSSR count). The van der Waals surface area contributed by atoms with Crippen molar-refractivity contribution in [2.75, 3.05) is 6.61 Å². The topological polar surface area (TPSA) is 18.5 Å². The maximum absolute atomic E-state index is 13.4. The van der Waals surface area contributed by atoms with Gasteiger partial charge in [0.1, 0.15) is 24.8 Å². The van der Waals surface area contributed by atoms with Crippen LogP contribution in [-0.4, -0.2) is 6.61 Å². The first-order valence-corrected chi connectivity index (χ1v) is 5.92. The second kappa shape index (κ2) is 6.58. The van der Waals surface area contributed by atoms with Gasteiger partial charge in [-0.15, -0.1) is 6.42 Å². The summed E-state index contributed by atoms with van der Waals surface area (Å²) in [7, 11) is 0. The maximum atomic E-state index is 13.4. The summed E-state index contributed by atoms with van der Waals surface area (Å²) < 4.78 is 36.9. The SMILES string of the molecule is C#CCOc1cc(OCc2cccc(F)c2)ccc1F. The van der Waals surface area contributed by atoms with Gasteiger partial charge < -0.3 is 9.47 Å². The van der Waals surface area contributed by atoms with E-state index in [1.165, 1.54) is 30.3 Å². The van der Waals surface area contributed by atoms with Gasteiger partial charge in [-0.1, -0.05) is 18.1 Å². The van der Waals surface area contributed by atoms with Crippen LogP contribution in [0, 0.1) is 24.0 Å². The van der Waals surface area contributed by atoms with Crippen LogP contribution in [0.4, 0.5) is 8.78 Å². The highest BCUT2D eigenvalue weighted by atomic mass is 19.1. The lowest BCUT2D eigenvalue weighted by atomic mass is 10.2. The first kappa shape index (κ1) is 13.9. The number of benzene rings is 2. The van der Waals surface area contributed by atoms with Gasteiger partial charge in [0, 0.05) is 6.07 Å². The third-order valence-corrected chi connectivity index (χ3v) is 2.51. The highest BCUT2D eigenvalue weighted by Crippen LogP contribution is 2.24. The fourth-order valence-corrected chi connectivity index (χ4v) is 1.60. The average Bonchev–Trinajstić information content (AvgIpc) is 2.45. The van der Waals surface area contributed by atoms with Crippen LogP contribution < -0.4 is 9.47 Å². The van der Waals surface area contributed by atoms with Crippen molar-refractivity contribution in [3.63, 3.8) is 0 Å². The standard InChI is InChI=1S/C16H12F2O2/c1-2-8-19-16-10-14(6-7-15(16)18)20-11-12-4-3-5-13(17)9-12/h1,3-7,9-10H,8,11H2. The van der Waals surface area contributed by atoms with Gasteiger partial charge in [-0.05, 0) is 29.8 Å². The molecule has 2 aromatic rings. The molecule has 0 amide bonds.